The lowest BCUT2D eigenvalue weighted by Crippen LogP contribution is -2.28. The Hall–Kier alpha value is -2.73. The van der Waals surface area contributed by atoms with E-state index in [0.29, 0.717) is 18.8 Å². The van der Waals surface area contributed by atoms with Crippen molar-refractivity contribution < 1.29 is 18.7 Å². The van der Waals surface area contributed by atoms with Gasteiger partial charge in [-0.05, 0) is 29.8 Å². The van der Waals surface area contributed by atoms with Crippen LogP contribution in [0.5, 0.6) is 0 Å². The minimum Gasteiger partial charge on any atom is -0.383 e. The molecule has 0 aliphatic heterocycles. The third-order valence-corrected chi connectivity index (χ3v) is 3.32. The molecule has 2 aromatic rings. The standard InChI is InChI=1S/C18H19FN2O3/c1-24-11-10-20-17(22)12-13-6-8-14(9-7-13)21-18(23)15-4-2-3-5-16(15)19/h2-9H,10-12H2,1H3,(H,20,22)(H,21,23). The fourth-order valence-electron chi connectivity index (χ4n) is 2.09. The van der Waals surface area contributed by atoms with Crippen molar-refractivity contribution in [3.8, 4) is 0 Å². The van der Waals surface area contributed by atoms with Crippen molar-refractivity contribution >= 4 is 17.5 Å². The van der Waals surface area contributed by atoms with Crippen molar-refractivity contribution in [2.75, 3.05) is 25.6 Å². The number of methoxy groups -OCH3 is 1. The van der Waals surface area contributed by atoms with Crippen molar-refractivity contribution in [3.63, 3.8) is 0 Å². The molecule has 0 fully saturated rings. The first-order chi connectivity index (χ1) is 11.6. The van der Waals surface area contributed by atoms with E-state index in [-0.39, 0.29) is 17.9 Å². The Labute approximate surface area is 139 Å². The quantitative estimate of drug-likeness (QED) is 0.766. The average molecular weight is 330 g/mol. The number of rotatable bonds is 7. The van der Waals surface area contributed by atoms with Crippen LogP contribution in [0.2, 0.25) is 0 Å². The Morgan fingerprint density at radius 1 is 1.08 bits per heavy atom. The van der Waals surface area contributed by atoms with Gasteiger partial charge in [0, 0.05) is 19.3 Å². The number of hydrogen-bond donors (Lipinski definition) is 2. The lowest BCUT2D eigenvalue weighted by Gasteiger charge is -2.08. The second kappa shape index (κ2) is 8.79. The predicted octanol–water partition coefficient (Wildman–Crippen LogP) is 2.38. The molecule has 2 aromatic carbocycles. The van der Waals surface area contributed by atoms with Crippen LogP contribution < -0.4 is 10.6 Å². The molecule has 0 aliphatic carbocycles. The first kappa shape index (κ1) is 17.6. The van der Waals surface area contributed by atoms with E-state index in [0.717, 1.165) is 5.56 Å². The second-order valence-corrected chi connectivity index (χ2v) is 5.15. The van der Waals surface area contributed by atoms with E-state index >= 15 is 0 Å². The van der Waals surface area contributed by atoms with Gasteiger partial charge >= 0.3 is 0 Å². The van der Waals surface area contributed by atoms with E-state index in [2.05, 4.69) is 10.6 Å². The molecular weight excluding hydrogens is 311 g/mol. The minimum absolute atomic E-state index is 0.0147. The van der Waals surface area contributed by atoms with Crippen LogP contribution in [0.15, 0.2) is 48.5 Å². The Kier molecular flexibility index (Phi) is 6.45. The Bertz CT molecular complexity index is 702. The summed E-state index contributed by atoms with van der Waals surface area (Å²) in [6.07, 6.45) is 0.241. The van der Waals surface area contributed by atoms with Crippen molar-refractivity contribution in [2.24, 2.45) is 0 Å². The van der Waals surface area contributed by atoms with Gasteiger partial charge in [-0.15, -0.1) is 0 Å². The van der Waals surface area contributed by atoms with Gasteiger partial charge in [-0.2, -0.15) is 0 Å². The highest BCUT2D eigenvalue weighted by Crippen LogP contribution is 2.13. The summed E-state index contributed by atoms with van der Waals surface area (Å²) < 4.78 is 18.4. The van der Waals surface area contributed by atoms with Crippen LogP contribution in [0.1, 0.15) is 15.9 Å². The number of carbonyl (C=O) groups excluding carboxylic acids is 2. The molecule has 0 saturated carbocycles. The van der Waals surface area contributed by atoms with Crippen molar-refractivity contribution in [1.29, 1.82) is 0 Å². The third-order valence-electron chi connectivity index (χ3n) is 3.32. The zero-order valence-corrected chi connectivity index (χ0v) is 13.3. The lowest BCUT2D eigenvalue weighted by atomic mass is 10.1. The highest BCUT2D eigenvalue weighted by Gasteiger charge is 2.11. The number of ether oxygens (including phenoxy) is 1. The van der Waals surface area contributed by atoms with Crippen LogP contribution in [0.4, 0.5) is 10.1 Å². The highest BCUT2D eigenvalue weighted by atomic mass is 19.1. The van der Waals surface area contributed by atoms with Gasteiger partial charge in [0.05, 0.1) is 18.6 Å². The molecule has 0 aromatic heterocycles. The van der Waals surface area contributed by atoms with Gasteiger partial charge in [0.25, 0.3) is 5.91 Å². The van der Waals surface area contributed by atoms with Gasteiger partial charge in [0.15, 0.2) is 0 Å². The Morgan fingerprint density at radius 3 is 2.46 bits per heavy atom. The molecule has 126 valence electrons. The molecule has 0 saturated heterocycles. The summed E-state index contributed by atoms with van der Waals surface area (Å²) in [5.74, 6) is -1.19. The molecule has 0 bridgehead atoms. The number of halogens is 1. The van der Waals surface area contributed by atoms with Crippen molar-refractivity contribution in [3.05, 3.63) is 65.5 Å². The number of hydrogen-bond acceptors (Lipinski definition) is 3. The monoisotopic (exact) mass is 330 g/mol. The summed E-state index contributed by atoms with van der Waals surface area (Å²) in [4.78, 5) is 23.7. The molecule has 0 radical (unpaired) electrons. The largest absolute Gasteiger partial charge is 0.383 e. The molecule has 24 heavy (non-hydrogen) atoms. The number of benzene rings is 2. The summed E-state index contributed by atoms with van der Waals surface area (Å²) in [5, 5.41) is 5.36. The molecule has 0 atom stereocenters. The maximum atomic E-state index is 13.6. The summed E-state index contributed by atoms with van der Waals surface area (Å²) in [6.45, 7) is 0.929. The Balaban J connectivity index is 1.91. The summed E-state index contributed by atoms with van der Waals surface area (Å²) >= 11 is 0. The van der Waals surface area contributed by atoms with Gasteiger partial charge in [0.1, 0.15) is 5.82 Å². The summed E-state index contributed by atoms with van der Waals surface area (Å²) in [7, 11) is 1.57. The molecule has 0 aliphatic rings. The normalized spacial score (nSPS) is 10.2. The van der Waals surface area contributed by atoms with Crippen LogP contribution in [0.3, 0.4) is 0 Å². The number of amides is 2. The SMILES string of the molecule is COCCNC(=O)Cc1ccc(NC(=O)c2ccccc2F)cc1. The van der Waals surface area contributed by atoms with Gasteiger partial charge in [-0.25, -0.2) is 4.39 Å². The van der Waals surface area contributed by atoms with E-state index in [1.165, 1.54) is 18.2 Å². The van der Waals surface area contributed by atoms with E-state index in [1.54, 1.807) is 37.4 Å². The molecule has 2 N–H and O–H groups in total. The molecule has 0 unspecified atom stereocenters. The maximum Gasteiger partial charge on any atom is 0.258 e. The number of carbonyl (C=O) groups is 2. The van der Waals surface area contributed by atoms with Gasteiger partial charge < -0.3 is 15.4 Å². The topological polar surface area (TPSA) is 67.4 Å². The van der Waals surface area contributed by atoms with Crippen LogP contribution in [-0.4, -0.2) is 32.1 Å². The summed E-state index contributed by atoms with van der Waals surface area (Å²) in [6, 6.07) is 12.6. The van der Waals surface area contributed by atoms with Crippen LogP contribution in [0, 0.1) is 5.82 Å². The minimum atomic E-state index is -0.570. The molecule has 5 nitrogen and oxygen atoms in total. The zero-order valence-electron chi connectivity index (χ0n) is 13.3. The molecule has 6 heteroatoms. The van der Waals surface area contributed by atoms with Crippen molar-refractivity contribution in [2.45, 2.75) is 6.42 Å². The van der Waals surface area contributed by atoms with Crippen LogP contribution >= 0.6 is 0 Å². The van der Waals surface area contributed by atoms with E-state index < -0.39 is 11.7 Å². The zero-order chi connectivity index (χ0) is 17.4. The Morgan fingerprint density at radius 2 is 1.79 bits per heavy atom. The van der Waals surface area contributed by atoms with Crippen molar-refractivity contribution in [1.82, 2.24) is 5.32 Å². The van der Waals surface area contributed by atoms with E-state index in [9.17, 15) is 14.0 Å². The fraction of sp³-hybridized carbons (Fsp3) is 0.222. The molecule has 2 rings (SSSR count). The smallest absolute Gasteiger partial charge is 0.258 e. The highest BCUT2D eigenvalue weighted by molar-refractivity contribution is 6.04. The maximum absolute atomic E-state index is 13.6. The first-order valence-corrected chi connectivity index (χ1v) is 7.50. The van der Waals surface area contributed by atoms with Gasteiger partial charge in [-0.3, -0.25) is 9.59 Å². The number of nitrogens with one attached hydrogen (secondary N) is 2. The van der Waals surface area contributed by atoms with Gasteiger partial charge in [0.2, 0.25) is 5.91 Å². The second-order valence-electron chi connectivity index (χ2n) is 5.15. The first-order valence-electron chi connectivity index (χ1n) is 7.50. The average Bonchev–Trinajstić information content (AvgIpc) is 2.57. The van der Waals surface area contributed by atoms with Crippen LogP contribution in [-0.2, 0) is 16.0 Å². The number of anilines is 1. The molecule has 2 amide bonds. The summed E-state index contributed by atoms with van der Waals surface area (Å²) in [5.41, 5.74) is 1.33. The molecule has 0 heterocycles. The van der Waals surface area contributed by atoms with E-state index in [4.69, 9.17) is 4.74 Å². The van der Waals surface area contributed by atoms with Gasteiger partial charge in [-0.1, -0.05) is 24.3 Å². The molecule has 0 spiro atoms. The third kappa shape index (κ3) is 5.17. The fourth-order valence-corrected chi connectivity index (χ4v) is 2.09. The van der Waals surface area contributed by atoms with Crippen LogP contribution in [0.25, 0.3) is 0 Å². The predicted molar refractivity (Wildman–Crippen MR) is 89.4 cm³/mol. The molecular formula is C18H19FN2O3. The van der Waals surface area contributed by atoms with E-state index in [1.807, 2.05) is 0 Å². The lowest BCUT2D eigenvalue weighted by molar-refractivity contribution is -0.120.